The Bertz CT molecular complexity index is 505. The number of hydrogen-bond acceptors (Lipinski definition) is 3. The van der Waals surface area contributed by atoms with Crippen LogP contribution in [0.15, 0.2) is 24.3 Å². The second-order valence-electron chi connectivity index (χ2n) is 6.05. The fourth-order valence-corrected chi connectivity index (χ4v) is 3.44. The molecule has 1 atom stereocenters. The molecule has 0 amide bonds. The monoisotopic (exact) mass is 278 g/mol. The zero-order chi connectivity index (χ0) is 12.2. The van der Waals surface area contributed by atoms with Gasteiger partial charge in [0.05, 0.1) is 6.04 Å². The van der Waals surface area contributed by atoms with Gasteiger partial charge in [0.25, 0.3) is 0 Å². The molecule has 2 fully saturated rings. The molecule has 3 nitrogen and oxygen atoms in total. The van der Waals surface area contributed by atoms with E-state index in [0.29, 0.717) is 17.2 Å². The van der Waals surface area contributed by atoms with Gasteiger partial charge in [-0.2, -0.15) is 0 Å². The van der Waals surface area contributed by atoms with E-state index in [2.05, 4.69) is 34.9 Å². The average molecular weight is 279 g/mol. The highest BCUT2D eigenvalue weighted by atomic mass is 35.5. The van der Waals surface area contributed by atoms with Gasteiger partial charge in [0.15, 0.2) is 5.78 Å². The van der Waals surface area contributed by atoms with E-state index in [4.69, 9.17) is 0 Å². The van der Waals surface area contributed by atoms with Gasteiger partial charge in [0.1, 0.15) is 0 Å². The van der Waals surface area contributed by atoms with Crippen molar-refractivity contribution in [3.8, 4) is 0 Å². The predicted octanol–water partition coefficient (Wildman–Crippen LogP) is 1.44. The molecule has 2 aliphatic heterocycles. The molecular weight excluding hydrogens is 260 g/mol. The number of ketones is 1. The lowest BCUT2D eigenvalue weighted by Crippen LogP contribution is -2.50. The molecule has 0 unspecified atom stereocenters. The zero-order valence-electron chi connectivity index (χ0n) is 10.8. The molecule has 2 heterocycles. The number of hydrogen-bond donors (Lipinski definition) is 2. The summed E-state index contributed by atoms with van der Waals surface area (Å²) in [6.07, 6.45) is 2.99. The van der Waals surface area contributed by atoms with E-state index in [1.807, 2.05) is 0 Å². The quantitative estimate of drug-likeness (QED) is 0.805. The minimum absolute atomic E-state index is 0. The molecular formula is C15H19ClN2O. The van der Waals surface area contributed by atoms with Crippen molar-refractivity contribution in [1.29, 1.82) is 0 Å². The molecule has 0 radical (unpaired) electrons. The lowest BCUT2D eigenvalue weighted by molar-refractivity contribution is -0.128. The van der Waals surface area contributed by atoms with Crippen molar-refractivity contribution in [2.75, 3.05) is 6.54 Å². The number of benzene rings is 1. The van der Waals surface area contributed by atoms with Gasteiger partial charge in [-0.05, 0) is 30.4 Å². The highest BCUT2D eigenvalue weighted by molar-refractivity contribution is 5.88. The molecule has 2 N–H and O–H groups in total. The second kappa shape index (κ2) is 4.58. The number of carbonyl (C=O) groups excluding carboxylic acids is 1. The van der Waals surface area contributed by atoms with Crippen LogP contribution in [0.4, 0.5) is 0 Å². The first kappa shape index (κ1) is 13.1. The normalized spacial score (nSPS) is 34.9. The Morgan fingerprint density at radius 1 is 1.21 bits per heavy atom. The second-order valence-corrected chi connectivity index (χ2v) is 6.05. The lowest BCUT2D eigenvalue weighted by atomic mass is 9.70. The number of fused-ring (bicyclic) bond motifs is 1. The van der Waals surface area contributed by atoms with Crippen LogP contribution in [-0.4, -0.2) is 23.9 Å². The summed E-state index contributed by atoms with van der Waals surface area (Å²) >= 11 is 0. The summed E-state index contributed by atoms with van der Waals surface area (Å²) in [7, 11) is 0. The largest absolute Gasteiger partial charge is 0.308 e. The molecule has 1 saturated heterocycles. The third-order valence-electron chi connectivity index (χ3n) is 4.78. The SMILES string of the molecule is Cl.O=C(C1CC2(CN2)C1)[C@@H]1Cc2ccccc2CN1. The molecule has 3 aliphatic rings. The summed E-state index contributed by atoms with van der Waals surface area (Å²) in [5.41, 5.74) is 3.07. The highest BCUT2D eigenvalue weighted by Crippen LogP contribution is 2.45. The number of halogens is 1. The summed E-state index contributed by atoms with van der Waals surface area (Å²) in [6, 6.07) is 8.48. The molecule has 1 aromatic rings. The van der Waals surface area contributed by atoms with Gasteiger partial charge in [-0.15, -0.1) is 12.4 Å². The van der Waals surface area contributed by atoms with Crippen molar-refractivity contribution in [1.82, 2.24) is 10.6 Å². The first-order chi connectivity index (χ1) is 8.76. The number of Topliss-reactive ketones (excluding diaryl/α,β-unsaturated/α-hetero) is 1. The molecule has 102 valence electrons. The van der Waals surface area contributed by atoms with E-state index < -0.39 is 0 Å². The van der Waals surface area contributed by atoms with Gasteiger partial charge in [0, 0.05) is 24.5 Å². The molecule has 0 aromatic heterocycles. The van der Waals surface area contributed by atoms with Crippen molar-refractivity contribution in [2.45, 2.75) is 37.4 Å². The number of carbonyl (C=O) groups is 1. The first-order valence-electron chi connectivity index (χ1n) is 6.85. The van der Waals surface area contributed by atoms with Gasteiger partial charge in [-0.25, -0.2) is 0 Å². The minimum Gasteiger partial charge on any atom is -0.308 e. The maximum Gasteiger partial charge on any atom is 0.153 e. The average Bonchev–Trinajstić information content (AvgIpc) is 3.16. The third-order valence-corrected chi connectivity index (χ3v) is 4.78. The van der Waals surface area contributed by atoms with Crippen LogP contribution in [0.5, 0.6) is 0 Å². The summed E-state index contributed by atoms with van der Waals surface area (Å²) in [4.78, 5) is 12.4. The summed E-state index contributed by atoms with van der Waals surface area (Å²) in [5, 5.41) is 6.78. The Labute approximate surface area is 119 Å². The standard InChI is InChI=1S/C15H18N2O.ClH/c18-14(12-6-15(7-12)9-17-15)13-5-10-3-1-2-4-11(10)8-16-13;/h1-4,12-13,16-17H,5-9H2;1H/t12?,13-,15?;/m0./s1. The molecule has 1 aliphatic carbocycles. The van der Waals surface area contributed by atoms with E-state index in [1.165, 1.54) is 11.1 Å². The maximum absolute atomic E-state index is 12.4. The van der Waals surface area contributed by atoms with Crippen molar-refractivity contribution in [2.24, 2.45) is 5.92 Å². The van der Waals surface area contributed by atoms with E-state index >= 15 is 0 Å². The molecule has 1 saturated carbocycles. The fraction of sp³-hybridized carbons (Fsp3) is 0.533. The van der Waals surface area contributed by atoms with Crippen LogP contribution >= 0.6 is 12.4 Å². The lowest BCUT2D eigenvalue weighted by Gasteiger charge is -2.37. The van der Waals surface area contributed by atoms with Crippen LogP contribution in [0.1, 0.15) is 24.0 Å². The Hall–Kier alpha value is -0.900. The molecule has 19 heavy (non-hydrogen) atoms. The van der Waals surface area contributed by atoms with Crippen molar-refractivity contribution in [3.05, 3.63) is 35.4 Å². The van der Waals surface area contributed by atoms with Gasteiger partial charge in [-0.1, -0.05) is 24.3 Å². The smallest absolute Gasteiger partial charge is 0.153 e. The fourth-order valence-electron chi connectivity index (χ4n) is 3.44. The Kier molecular flexibility index (Phi) is 3.16. The van der Waals surface area contributed by atoms with Crippen molar-refractivity contribution in [3.63, 3.8) is 0 Å². The molecule has 4 rings (SSSR count). The molecule has 1 aromatic carbocycles. The van der Waals surface area contributed by atoms with Crippen LogP contribution in [0, 0.1) is 5.92 Å². The predicted molar refractivity (Wildman–Crippen MR) is 76.5 cm³/mol. The van der Waals surface area contributed by atoms with Gasteiger partial charge >= 0.3 is 0 Å². The summed E-state index contributed by atoms with van der Waals surface area (Å²) in [5.74, 6) is 0.728. The van der Waals surface area contributed by atoms with Gasteiger partial charge < -0.3 is 10.6 Å². The zero-order valence-corrected chi connectivity index (χ0v) is 11.6. The van der Waals surface area contributed by atoms with Crippen LogP contribution in [0.2, 0.25) is 0 Å². The topological polar surface area (TPSA) is 51.0 Å². The van der Waals surface area contributed by atoms with Crippen LogP contribution in [0.25, 0.3) is 0 Å². The molecule has 1 spiro atoms. The molecule has 4 heteroatoms. The Balaban J connectivity index is 0.00000110. The van der Waals surface area contributed by atoms with Crippen molar-refractivity contribution >= 4 is 18.2 Å². The van der Waals surface area contributed by atoms with Gasteiger partial charge in [-0.3, -0.25) is 4.79 Å². The van der Waals surface area contributed by atoms with E-state index in [1.54, 1.807) is 0 Å². The van der Waals surface area contributed by atoms with E-state index in [9.17, 15) is 4.79 Å². The number of rotatable bonds is 2. The first-order valence-corrected chi connectivity index (χ1v) is 6.85. The molecule has 0 bridgehead atoms. The van der Waals surface area contributed by atoms with Gasteiger partial charge in [0.2, 0.25) is 0 Å². The van der Waals surface area contributed by atoms with Crippen LogP contribution in [0.3, 0.4) is 0 Å². The van der Waals surface area contributed by atoms with Crippen molar-refractivity contribution < 1.29 is 4.79 Å². The summed E-state index contributed by atoms with van der Waals surface area (Å²) in [6.45, 7) is 1.96. The van der Waals surface area contributed by atoms with Crippen LogP contribution in [-0.2, 0) is 17.8 Å². The van der Waals surface area contributed by atoms with E-state index in [-0.39, 0.29) is 18.4 Å². The Morgan fingerprint density at radius 2 is 1.89 bits per heavy atom. The third kappa shape index (κ3) is 2.20. The Morgan fingerprint density at radius 3 is 2.58 bits per heavy atom. The number of nitrogens with one attached hydrogen (secondary N) is 2. The highest BCUT2D eigenvalue weighted by Gasteiger charge is 2.55. The maximum atomic E-state index is 12.4. The van der Waals surface area contributed by atoms with E-state index in [0.717, 1.165) is 32.4 Å². The minimum atomic E-state index is 0. The van der Waals surface area contributed by atoms with Crippen LogP contribution < -0.4 is 10.6 Å². The summed E-state index contributed by atoms with van der Waals surface area (Å²) < 4.78 is 0.